The molecule has 2 rings (SSSR count). The van der Waals surface area contributed by atoms with Gasteiger partial charge in [0, 0.05) is 19.5 Å². The van der Waals surface area contributed by atoms with E-state index in [2.05, 4.69) is 5.43 Å². The fourth-order valence-corrected chi connectivity index (χ4v) is 1.73. The SMILES string of the molecule is NC/C=C/c1ccccc1N1CCC(=O)N1. The lowest BCUT2D eigenvalue weighted by atomic mass is 10.1. The first-order valence-electron chi connectivity index (χ1n) is 5.34. The highest BCUT2D eigenvalue weighted by atomic mass is 16.2. The molecule has 0 spiro atoms. The summed E-state index contributed by atoms with van der Waals surface area (Å²) in [6.07, 6.45) is 4.42. The van der Waals surface area contributed by atoms with Gasteiger partial charge in [-0.1, -0.05) is 30.4 Å². The summed E-state index contributed by atoms with van der Waals surface area (Å²) < 4.78 is 0. The van der Waals surface area contributed by atoms with Crippen molar-refractivity contribution in [2.75, 3.05) is 18.1 Å². The van der Waals surface area contributed by atoms with Gasteiger partial charge >= 0.3 is 0 Å². The molecule has 16 heavy (non-hydrogen) atoms. The van der Waals surface area contributed by atoms with Crippen molar-refractivity contribution < 1.29 is 4.79 Å². The molecule has 3 N–H and O–H groups in total. The zero-order valence-corrected chi connectivity index (χ0v) is 9.02. The van der Waals surface area contributed by atoms with E-state index in [0.717, 1.165) is 11.3 Å². The van der Waals surface area contributed by atoms with Crippen LogP contribution in [-0.2, 0) is 4.79 Å². The van der Waals surface area contributed by atoms with Crippen molar-refractivity contribution in [1.29, 1.82) is 0 Å². The molecule has 84 valence electrons. The van der Waals surface area contributed by atoms with E-state index in [0.29, 0.717) is 19.5 Å². The molecule has 1 aromatic rings. The summed E-state index contributed by atoms with van der Waals surface area (Å²) in [4.78, 5) is 11.2. The highest BCUT2D eigenvalue weighted by molar-refractivity contribution is 5.83. The van der Waals surface area contributed by atoms with Crippen molar-refractivity contribution >= 4 is 17.7 Å². The molecule has 0 atom stereocenters. The van der Waals surface area contributed by atoms with Crippen molar-refractivity contribution in [2.45, 2.75) is 6.42 Å². The van der Waals surface area contributed by atoms with E-state index in [4.69, 9.17) is 5.73 Å². The highest BCUT2D eigenvalue weighted by Gasteiger charge is 2.19. The third-order valence-electron chi connectivity index (χ3n) is 2.48. The van der Waals surface area contributed by atoms with Crippen LogP contribution in [0.1, 0.15) is 12.0 Å². The Morgan fingerprint density at radius 3 is 2.94 bits per heavy atom. The molecular formula is C12H15N3O. The normalized spacial score (nSPS) is 15.8. The summed E-state index contributed by atoms with van der Waals surface area (Å²) in [5.41, 5.74) is 10.3. The Morgan fingerprint density at radius 2 is 2.25 bits per heavy atom. The van der Waals surface area contributed by atoms with Gasteiger partial charge in [0.2, 0.25) is 5.91 Å². The Kier molecular flexibility index (Phi) is 3.22. The number of hydrogen-bond donors (Lipinski definition) is 2. The van der Waals surface area contributed by atoms with Gasteiger partial charge in [-0.2, -0.15) is 0 Å². The largest absolute Gasteiger partial charge is 0.327 e. The lowest BCUT2D eigenvalue weighted by molar-refractivity contribution is -0.119. The number of para-hydroxylation sites is 1. The van der Waals surface area contributed by atoms with Crippen LogP contribution in [-0.4, -0.2) is 19.0 Å². The molecule has 1 aromatic carbocycles. The van der Waals surface area contributed by atoms with E-state index in [9.17, 15) is 4.79 Å². The van der Waals surface area contributed by atoms with E-state index in [1.807, 2.05) is 41.4 Å². The van der Waals surface area contributed by atoms with Crippen molar-refractivity contribution in [3.05, 3.63) is 35.9 Å². The standard InChI is InChI=1S/C12H15N3O/c13-8-3-5-10-4-1-2-6-11(10)15-9-7-12(16)14-15/h1-6H,7-9,13H2,(H,14,16)/b5-3+. The van der Waals surface area contributed by atoms with E-state index < -0.39 is 0 Å². The first-order chi connectivity index (χ1) is 7.81. The predicted octanol–water partition coefficient (Wildman–Crippen LogP) is 0.900. The average Bonchev–Trinajstić information content (AvgIpc) is 2.73. The number of carbonyl (C=O) groups excluding carboxylic acids is 1. The van der Waals surface area contributed by atoms with Gasteiger partial charge in [0.05, 0.1) is 5.69 Å². The predicted molar refractivity (Wildman–Crippen MR) is 64.6 cm³/mol. The summed E-state index contributed by atoms with van der Waals surface area (Å²) in [5, 5.41) is 1.87. The fourth-order valence-electron chi connectivity index (χ4n) is 1.73. The zero-order valence-electron chi connectivity index (χ0n) is 9.02. The summed E-state index contributed by atoms with van der Waals surface area (Å²) in [6, 6.07) is 7.92. The molecule has 4 nitrogen and oxygen atoms in total. The molecule has 1 aliphatic rings. The number of hydrogen-bond acceptors (Lipinski definition) is 3. The number of hydrazine groups is 1. The molecule has 0 radical (unpaired) electrons. The number of carbonyl (C=O) groups is 1. The van der Waals surface area contributed by atoms with Crippen LogP contribution < -0.4 is 16.2 Å². The van der Waals surface area contributed by atoms with Crippen LogP contribution in [0.3, 0.4) is 0 Å². The topological polar surface area (TPSA) is 58.4 Å². The van der Waals surface area contributed by atoms with Gasteiger partial charge in [-0.15, -0.1) is 0 Å². The monoisotopic (exact) mass is 217 g/mol. The molecule has 1 saturated heterocycles. The van der Waals surface area contributed by atoms with Gasteiger partial charge < -0.3 is 5.73 Å². The molecule has 1 fully saturated rings. The van der Waals surface area contributed by atoms with Gasteiger partial charge in [0.1, 0.15) is 0 Å². The quantitative estimate of drug-likeness (QED) is 0.791. The fraction of sp³-hybridized carbons (Fsp3) is 0.250. The van der Waals surface area contributed by atoms with Crippen LogP contribution in [0.2, 0.25) is 0 Å². The van der Waals surface area contributed by atoms with Crippen LogP contribution in [0, 0.1) is 0 Å². The molecule has 1 aliphatic heterocycles. The Labute approximate surface area is 94.7 Å². The highest BCUT2D eigenvalue weighted by Crippen LogP contribution is 2.22. The van der Waals surface area contributed by atoms with E-state index in [1.165, 1.54) is 0 Å². The summed E-state index contributed by atoms with van der Waals surface area (Å²) in [6.45, 7) is 1.23. The average molecular weight is 217 g/mol. The number of nitrogens with zero attached hydrogens (tertiary/aromatic N) is 1. The molecule has 0 aromatic heterocycles. The summed E-state index contributed by atoms with van der Waals surface area (Å²) >= 11 is 0. The van der Waals surface area contributed by atoms with Crippen molar-refractivity contribution in [3.8, 4) is 0 Å². The number of benzene rings is 1. The number of nitrogens with one attached hydrogen (secondary N) is 1. The Morgan fingerprint density at radius 1 is 1.44 bits per heavy atom. The van der Waals surface area contributed by atoms with Gasteiger partial charge in [0.15, 0.2) is 0 Å². The summed E-state index contributed by atoms with van der Waals surface area (Å²) in [7, 11) is 0. The third-order valence-corrected chi connectivity index (χ3v) is 2.48. The molecule has 1 amide bonds. The Bertz CT molecular complexity index is 414. The number of nitrogens with two attached hydrogens (primary N) is 1. The third kappa shape index (κ3) is 2.23. The second-order valence-electron chi connectivity index (χ2n) is 3.63. The maximum atomic E-state index is 11.2. The second kappa shape index (κ2) is 4.81. The van der Waals surface area contributed by atoms with Crippen molar-refractivity contribution in [2.24, 2.45) is 5.73 Å². The molecule has 0 bridgehead atoms. The second-order valence-corrected chi connectivity index (χ2v) is 3.63. The van der Waals surface area contributed by atoms with Crippen LogP contribution in [0.25, 0.3) is 6.08 Å². The molecule has 0 saturated carbocycles. The minimum Gasteiger partial charge on any atom is -0.327 e. The molecule has 0 aliphatic carbocycles. The van der Waals surface area contributed by atoms with Crippen LogP contribution in [0.15, 0.2) is 30.3 Å². The molecular weight excluding hydrogens is 202 g/mol. The van der Waals surface area contributed by atoms with Crippen LogP contribution in [0.5, 0.6) is 0 Å². The van der Waals surface area contributed by atoms with Crippen LogP contribution >= 0.6 is 0 Å². The molecule has 0 unspecified atom stereocenters. The number of anilines is 1. The van der Waals surface area contributed by atoms with E-state index in [-0.39, 0.29) is 5.91 Å². The lowest BCUT2D eigenvalue weighted by Crippen LogP contribution is -2.33. The summed E-state index contributed by atoms with van der Waals surface area (Å²) in [5.74, 6) is 0.0672. The van der Waals surface area contributed by atoms with Crippen molar-refractivity contribution in [3.63, 3.8) is 0 Å². The molecule has 4 heteroatoms. The number of amides is 1. The van der Waals surface area contributed by atoms with Gasteiger partial charge in [-0.25, -0.2) is 0 Å². The van der Waals surface area contributed by atoms with Gasteiger partial charge in [-0.05, 0) is 11.6 Å². The zero-order chi connectivity index (χ0) is 11.4. The Hall–Kier alpha value is -1.81. The molecule has 1 heterocycles. The number of rotatable bonds is 3. The van der Waals surface area contributed by atoms with E-state index in [1.54, 1.807) is 0 Å². The van der Waals surface area contributed by atoms with Crippen molar-refractivity contribution in [1.82, 2.24) is 5.43 Å². The first-order valence-corrected chi connectivity index (χ1v) is 5.34. The minimum atomic E-state index is 0.0672. The van der Waals surface area contributed by atoms with Gasteiger partial charge in [0.25, 0.3) is 0 Å². The lowest BCUT2D eigenvalue weighted by Gasteiger charge is -2.19. The smallest absolute Gasteiger partial charge is 0.240 e. The maximum Gasteiger partial charge on any atom is 0.240 e. The minimum absolute atomic E-state index is 0.0672. The van der Waals surface area contributed by atoms with Crippen LogP contribution in [0.4, 0.5) is 5.69 Å². The van der Waals surface area contributed by atoms with Gasteiger partial charge in [-0.3, -0.25) is 15.2 Å². The first kappa shape index (κ1) is 10.7. The Balaban J connectivity index is 2.25. The van der Waals surface area contributed by atoms with E-state index >= 15 is 0 Å². The maximum absolute atomic E-state index is 11.2.